The number of nitrogens with zero attached hydrogens (tertiary/aromatic N) is 2. The molecule has 0 aromatic heterocycles. The van der Waals surface area contributed by atoms with Gasteiger partial charge in [0, 0.05) is 50.2 Å². The number of rotatable bonds is 3. The third kappa shape index (κ3) is 3.43. The molecule has 0 saturated carbocycles. The summed E-state index contributed by atoms with van der Waals surface area (Å²) in [7, 11) is 0. The van der Waals surface area contributed by atoms with Gasteiger partial charge in [-0.15, -0.1) is 0 Å². The van der Waals surface area contributed by atoms with Gasteiger partial charge in [0.2, 0.25) is 5.91 Å². The number of benzene rings is 2. The van der Waals surface area contributed by atoms with E-state index in [0.29, 0.717) is 42.7 Å². The predicted octanol–water partition coefficient (Wildman–Crippen LogP) is 2.92. The van der Waals surface area contributed by atoms with Gasteiger partial charge in [-0.05, 0) is 41.7 Å². The molecular weight excluding hydrogens is 362 g/mol. The number of nitriles is 1. The average Bonchev–Trinajstić information content (AvgIpc) is 2.79. The molecule has 1 amide bonds. The minimum absolute atomic E-state index is 0.142. The van der Waals surface area contributed by atoms with Gasteiger partial charge in [-0.1, -0.05) is 36.4 Å². The highest BCUT2D eigenvalue weighted by Crippen LogP contribution is 2.38. The number of ether oxygens (including phenoxy) is 1. The fourth-order valence-electron chi connectivity index (χ4n) is 5.04. The molecule has 4 aliphatic heterocycles. The maximum Gasteiger partial charge on any atom is 0.225 e. The summed E-state index contributed by atoms with van der Waals surface area (Å²) in [6.07, 6.45) is 1.71. The predicted molar refractivity (Wildman–Crippen MR) is 110 cm³/mol. The van der Waals surface area contributed by atoms with E-state index in [4.69, 9.17) is 10.00 Å². The van der Waals surface area contributed by atoms with Crippen LogP contribution >= 0.6 is 0 Å². The quantitative estimate of drug-likeness (QED) is 0.880. The number of carbonyl (C=O) groups excluding carboxylic acids is 1. The summed E-state index contributed by atoms with van der Waals surface area (Å²) >= 11 is 0. The molecule has 2 aromatic carbocycles. The van der Waals surface area contributed by atoms with Crippen LogP contribution in [0.1, 0.15) is 29.9 Å². The first kappa shape index (κ1) is 18.4. The molecule has 2 aromatic rings. The molecule has 148 valence electrons. The van der Waals surface area contributed by atoms with Crippen molar-refractivity contribution >= 4 is 5.91 Å². The van der Waals surface area contributed by atoms with Crippen LogP contribution in [0, 0.1) is 17.2 Å². The van der Waals surface area contributed by atoms with Gasteiger partial charge in [-0.3, -0.25) is 4.79 Å². The number of hydrogen-bond acceptors (Lipinski definition) is 4. The minimum Gasteiger partial charge on any atom is -0.381 e. The Morgan fingerprint density at radius 2 is 1.76 bits per heavy atom. The summed E-state index contributed by atoms with van der Waals surface area (Å²) < 4.78 is 5.40. The molecule has 1 N–H and O–H groups in total. The van der Waals surface area contributed by atoms with Crippen LogP contribution in [0.4, 0.5) is 0 Å². The van der Waals surface area contributed by atoms with Crippen molar-refractivity contribution in [3.63, 3.8) is 0 Å². The van der Waals surface area contributed by atoms with Gasteiger partial charge >= 0.3 is 0 Å². The summed E-state index contributed by atoms with van der Waals surface area (Å²) in [4.78, 5) is 14.9. The van der Waals surface area contributed by atoms with Crippen molar-refractivity contribution in [2.45, 2.75) is 30.8 Å². The van der Waals surface area contributed by atoms with Gasteiger partial charge in [0.05, 0.1) is 11.6 Å². The highest BCUT2D eigenvalue weighted by Gasteiger charge is 2.48. The molecule has 4 aliphatic rings. The molecule has 4 fully saturated rings. The second-order valence-electron chi connectivity index (χ2n) is 8.35. The number of piperazine rings is 1. The first-order valence-electron chi connectivity index (χ1n) is 10.5. The number of hydrogen-bond donors (Lipinski definition) is 1. The van der Waals surface area contributed by atoms with E-state index in [9.17, 15) is 4.79 Å². The summed E-state index contributed by atoms with van der Waals surface area (Å²) in [5.41, 5.74) is 4.20. The lowest BCUT2D eigenvalue weighted by molar-refractivity contribution is -0.143. The Labute approximate surface area is 171 Å². The number of fused-ring (bicyclic) bond motifs is 2. The molecule has 5 nitrogen and oxygen atoms in total. The molecule has 4 saturated heterocycles. The molecule has 4 heterocycles. The number of piperidine rings is 1. The average molecular weight is 387 g/mol. The van der Waals surface area contributed by atoms with Crippen LogP contribution in [-0.2, 0) is 9.53 Å². The van der Waals surface area contributed by atoms with E-state index in [1.807, 2.05) is 24.3 Å². The van der Waals surface area contributed by atoms with Crippen molar-refractivity contribution in [3.05, 3.63) is 59.7 Å². The summed E-state index contributed by atoms with van der Waals surface area (Å²) in [6.45, 7) is 3.01. The topological polar surface area (TPSA) is 65.4 Å². The molecule has 6 rings (SSSR count). The van der Waals surface area contributed by atoms with Crippen LogP contribution in [0.5, 0.6) is 0 Å². The Morgan fingerprint density at radius 1 is 1.03 bits per heavy atom. The van der Waals surface area contributed by atoms with Gasteiger partial charge in [-0.25, -0.2) is 0 Å². The smallest absolute Gasteiger partial charge is 0.225 e. The molecule has 29 heavy (non-hydrogen) atoms. The Bertz CT molecular complexity index is 931. The van der Waals surface area contributed by atoms with Crippen LogP contribution in [0.15, 0.2) is 48.5 Å². The van der Waals surface area contributed by atoms with E-state index in [0.717, 1.165) is 37.1 Å². The van der Waals surface area contributed by atoms with Gasteiger partial charge in [-0.2, -0.15) is 5.26 Å². The van der Waals surface area contributed by atoms with Gasteiger partial charge in [0.25, 0.3) is 0 Å². The molecule has 0 aliphatic carbocycles. The lowest BCUT2D eigenvalue weighted by atomic mass is 9.73. The van der Waals surface area contributed by atoms with E-state index in [1.165, 1.54) is 5.56 Å². The van der Waals surface area contributed by atoms with Crippen LogP contribution in [0.3, 0.4) is 0 Å². The lowest BCUT2D eigenvalue weighted by Crippen LogP contribution is -2.72. The SMILES string of the molecule is N#Cc1cccc(-c2ccc(C3[C@@H]4CN(C(=O)C5CCOCC5)C[C@H]3N4)cc2)c1. The maximum absolute atomic E-state index is 12.8. The van der Waals surface area contributed by atoms with E-state index in [1.54, 1.807) is 0 Å². The fourth-order valence-corrected chi connectivity index (χ4v) is 5.04. The Kier molecular flexibility index (Phi) is 4.83. The molecule has 1 unspecified atom stereocenters. The van der Waals surface area contributed by atoms with Crippen LogP contribution in [0.25, 0.3) is 11.1 Å². The Balaban J connectivity index is 1.26. The zero-order chi connectivity index (χ0) is 19.8. The summed E-state index contributed by atoms with van der Waals surface area (Å²) in [5.74, 6) is 0.923. The normalized spacial score (nSPS) is 26.4. The fraction of sp³-hybridized carbons (Fsp3) is 0.417. The van der Waals surface area contributed by atoms with E-state index >= 15 is 0 Å². The minimum atomic E-state index is 0.142. The third-order valence-corrected chi connectivity index (χ3v) is 6.63. The number of carbonyl (C=O) groups is 1. The van der Waals surface area contributed by atoms with Crippen molar-refractivity contribution in [1.29, 1.82) is 5.26 Å². The second kappa shape index (κ2) is 7.62. The zero-order valence-electron chi connectivity index (χ0n) is 16.4. The van der Waals surface area contributed by atoms with E-state index in [-0.39, 0.29) is 5.92 Å². The van der Waals surface area contributed by atoms with E-state index in [2.05, 4.69) is 40.6 Å². The first-order chi connectivity index (χ1) is 14.2. The van der Waals surface area contributed by atoms with Crippen molar-refractivity contribution < 1.29 is 9.53 Å². The molecule has 0 spiro atoms. The second-order valence-corrected chi connectivity index (χ2v) is 8.35. The lowest BCUT2D eigenvalue weighted by Gasteiger charge is -2.55. The largest absolute Gasteiger partial charge is 0.381 e. The molecule has 5 heteroatoms. The van der Waals surface area contributed by atoms with Crippen LogP contribution in [0.2, 0.25) is 0 Å². The maximum atomic E-state index is 12.8. The standard InChI is InChI=1S/C24H25N3O2/c25-13-16-2-1-3-20(12-16)17-4-6-18(7-5-17)23-21-14-27(15-22(23)26-21)24(28)19-8-10-29-11-9-19/h1-7,12,19,21-23,26H,8-11,14-15H2/t21-,22+,23?. The molecule has 0 radical (unpaired) electrons. The van der Waals surface area contributed by atoms with Crippen LogP contribution < -0.4 is 5.32 Å². The first-order valence-corrected chi connectivity index (χ1v) is 10.5. The molecular formula is C24H25N3O2. The van der Waals surface area contributed by atoms with Gasteiger partial charge in [0.1, 0.15) is 0 Å². The van der Waals surface area contributed by atoms with Crippen molar-refractivity contribution in [3.8, 4) is 17.2 Å². The third-order valence-electron chi connectivity index (χ3n) is 6.63. The van der Waals surface area contributed by atoms with E-state index < -0.39 is 0 Å². The Morgan fingerprint density at radius 3 is 2.45 bits per heavy atom. The van der Waals surface area contributed by atoms with Gasteiger partial charge in [0.15, 0.2) is 0 Å². The van der Waals surface area contributed by atoms with Crippen molar-refractivity contribution in [2.24, 2.45) is 5.92 Å². The van der Waals surface area contributed by atoms with Gasteiger partial charge < -0.3 is 15.0 Å². The molecule has 3 atom stereocenters. The highest BCUT2D eigenvalue weighted by molar-refractivity contribution is 5.79. The van der Waals surface area contributed by atoms with Crippen LogP contribution in [-0.4, -0.2) is 49.2 Å². The number of nitrogens with one attached hydrogen (secondary N) is 1. The molecule has 2 bridgehead atoms. The Hall–Kier alpha value is -2.68. The zero-order valence-corrected chi connectivity index (χ0v) is 16.4. The van der Waals surface area contributed by atoms with Crippen molar-refractivity contribution in [1.82, 2.24) is 10.2 Å². The highest BCUT2D eigenvalue weighted by atomic mass is 16.5. The monoisotopic (exact) mass is 387 g/mol. The number of amides is 1. The summed E-state index contributed by atoms with van der Waals surface area (Å²) in [6, 6.07) is 19.3. The van der Waals surface area contributed by atoms with Crippen molar-refractivity contribution in [2.75, 3.05) is 26.3 Å². The summed E-state index contributed by atoms with van der Waals surface area (Å²) in [5, 5.41) is 12.7.